The van der Waals surface area contributed by atoms with Gasteiger partial charge in [-0.2, -0.15) is 0 Å². The molecule has 0 unspecified atom stereocenters. The molecule has 2 aromatic rings. The van der Waals surface area contributed by atoms with Crippen molar-refractivity contribution in [3.63, 3.8) is 0 Å². The van der Waals surface area contributed by atoms with E-state index in [4.69, 9.17) is 0 Å². The predicted octanol–water partition coefficient (Wildman–Crippen LogP) is 4.53. The van der Waals surface area contributed by atoms with Gasteiger partial charge in [0.05, 0.1) is 17.9 Å². The van der Waals surface area contributed by atoms with Crippen molar-refractivity contribution in [3.8, 4) is 0 Å². The van der Waals surface area contributed by atoms with Gasteiger partial charge in [0.1, 0.15) is 6.04 Å². The topological polar surface area (TPSA) is 84.4 Å². The van der Waals surface area contributed by atoms with Crippen molar-refractivity contribution in [2.24, 2.45) is 0 Å². The molecular weight excluding hydrogens is 432 g/mol. The maximum absolute atomic E-state index is 13.7. The summed E-state index contributed by atoms with van der Waals surface area (Å²) >= 11 is 0. The molecule has 0 bridgehead atoms. The van der Waals surface area contributed by atoms with E-state index in [1.807, 2.05) is 67.6 Å². The third-order valence-electron chi connectivity index (χ3n) is 6.23. The second-order valence-electron chi connectivity index (χ2n) is 8.42. The Morgan fingerprint density at radius 2 is 1.59 bits per heavy atom. The molecule has 2 fully saturated rings. The molecule has 2 aliphatic rings. The molecule has 2 aromatic carbocycles. The summed E-state index contributed by atoms with van der Waals surface area (Å²) in [6.45, 7) is 3.04. The molecule has 0 spiro atoms. The number of likely N-dealkylation sites (tertiary alicyclic amines) is 1. The number of amides is 4. The van der Waals surface area contributed by atoms with Crippen molar-refractivity contribution < 1.29 is 19.5 Å². The Morgan fingerprint density at radius 3 is 2.15 bits per heavy atom. The van der Waals surface area contributed by atoms with E-state index in [0.717, 1.165) is 25.0 Å². The molecule has 1 N–H and O–H groups in total. The number of para-hydroxylation sites is 2. The van der Waals surface area contributed by atoms with E-state index >= 15 is 0 Å². The highest BCUT2D eigenvalue weighted by Gasteiger charge is 2.41. The van der Waals surface area contributed by atoms with Crippen molar-refractivity contribution in [2.45, 2.75) is 32.2 Å². The maximum Gasteiger partial charge on any atom is 0.329 e. The van der Waals surface area contributed by atoms with Gasteiger partial charge in [-0.3, -0.25) is 9.80 Å². The van der Waals surface area contributed by atoms with Crippen molar-refractivity contribution in [3.05, 3.63) is 72.4 Å². The van der Waals surface area contributed by atoms with Crippen molar-refractivity contribution >= 4 is 29.4 Å². The van der Waals surface area contributed by atoms with Gasteiger partial charge in [-0.05, 0) is 43.5 Å². The van der Waals surface area contributed by atoms with Gasteiger partial charge in [0.25, 0.3) is 0 Å². The van der Waals surface area contributed by atoms with Gasteiger partial charge in [-0.25, -0.2) is 14.4 Å². The van der Waals surface area contributed by atoms with E-state index < -0.39 is 18.0 Å². The van der Waals surface area contributed by atoms with Gasteiger partial charge in [-0.1, -0.05) is 49.4 Å². The van der Waals surface area contributed by atoms with Crippen LogP contribution in [0.3, 0.4) is 0 Å². The third kappa shape index (κ3) is 4.76. The van der Waals surface area contributed by atoms with Gasteiger partial charge in [0, 0.05) is 25.3 Å². The van der Waals surface area contributed by atoms with Crippen molar-refractivity contribution in [2.75, 3.05) is 31.1 Å². The molecule has 2 saturated heterocycles. The molecule has 0 saturated carbocycles. The number of piperazine rings is 1. The summed E-state index contributed by atoms with van der Waals surface area (Å²) < 4.78 is 0. The molecule has 0 aromatic heterocycles. The highest BCUT2D eigenvalue weighted by Crippen LogP contribution is 2.29. The Hall–Kier alpha value is -3.81. The number of aliphatic carboxylic acids is 1. The molecule has 2 heterocycles. The monoisotopic (exact) mass is 462 g/mol. The lowest BCUT2D eigenvalue weighted by Gasteiger charge is -2.42. The number of carbonyl (C=O) groups is 3. The summed E-state index contributed by atoms with van der Waals surface area (Å²) in [5.41, 5.74) is 2.29. The SMILES string of the molecule is CC/C=C1/CCCN1C(=O)N1CCN(C(=O)N(c2ccccc2)c2ccccc2)[C@H](C(=O)O)C1. The number of carbonyl (C=O) groups excluding carboxylic acids is 2. The predicted molar refractivity (Wildman–Crippen MR) is 130 cm³/mol. The van der Waals surface area contributed by atoms with Crippen molar-refractivity contribution in [1.29, 1.82) is 0 Å². The number of nitrogens with zero attached hydrogens (tertiary/aromatic N) is 4. The summed E-state index contributed by atoms with van der Waals surface area (Å²) in [7, 11) is 0. The Morgan fingerprint density at radius 1 is 0.971 bits per heavy atom. The summed E-state index contributed by atoms with van der Waals surface area (Å²) in [6, 6.07) is 16.6. The summed E-state index contributed by atoms with van der Waals surface area (Å²) in [4.78, 5) is 45.4. The third-order valence-corrected chi connectivity index (χ3v) is 6.23. The van der Waals surface area contributed by atoms with Crippen molar-refractivity contribution in [1.82, 2.24) is 14.7 Å². The van der Waals surface area contributed by atoms with E-state index in [2.05, 4.69) is 6.08 Å². The Kier molecular flexibility index (Phi) is 7.15. The lowest BCUT2D eigenvalue weighted by Crippen LogP contribution is -2.62. The highest BCUT2D eigenvalue weighted by molar-refractivity contribution is 6.01. The number of hydrogen-bond acceptors (Lipinski definition) is 3. The zero-order chi connectivity index (χ0) is 24.1. The van der Waals surface area contributed by atoms with Crippen LogP contribution >= 0.6 is 0 Å². The zero-order valence-corrected chi connectivity index (χ0v) is 19.3. The van der Waals surface area contributed by atoms with E-state index in [1.165, 1.54) is 9.80 Å². The molecule has 178 valence electrons. The molecule has 34 heavy (non-hydrogen) atoms. The number of rotatable bonds is 4. The molecule has 4 rings (SSSR count). The lowest BCUT2D eigenvalue weighted by atomic mass is 10.1. The maximum atomic E-state index is 13.7. The van der Waals surface area contributed by atoms with Gasteiger partial charge >= 0.3 is 18.0 Å². The first kappa shape index (κ1) is 23.4. The molecular formula is C26H30N4O4. The van der Waals surface area contributed by atoms with E-state index in [1.54, 1.807) is 9.80 Å². The molecule has 0 aliphatic carbocycles. The first-order valence-electron chi connectivity index (χ1n) is 11.7. The van der Waals surface area contributed by atoms with Gasteiger partial charge < -0.3 is 14.9 Å². The normalized spacial score (nSPS) is 19.4. The number of allylic oxidation sites excluding steroid dienone is 2. The van der Waals surface area contributed by atoms with Crippen LogP contribution in [0.4, 0.5) is 21.0 Å². The van der Waals surface area contributed by atoms with Crippen LogP contribution in [0, 0.1) is 0 Å². The largest absolute Gasteiger partial charge is 0.480 e. The number of carboxylic acid groups (broad SMARTS) is 1. The molecule has 8 heteroatoms. The molecule has 1 atom stereocenters. The van der Waals surface area contributed by atoms with E-state index in [0.29, 0.717) is 17.9 Å². The number of urea groups is 2. The van der Waals surface area contributed by atoms with Crippen LogP contribution in [0.15, 0.2) is 72.4 Å². The number of hydrogen-bond donors (Lipinski definition) is 1. The van der Waals surface area contributed by atoms with E-state index in [-0.39, 0.29) is 25.7 Å². The average Bonchev–Trinajstić information content (AvgIpc) is 3.33. The number of carboxylic acids is 1. The van der Waals surface area contributed by atoms with Crippen LogP contribution in [-0.2, 0) is 4.79 Å². The first-order valence-corrected chi connectivity index (χ1v) is 11.7. The number of benzene rings is 2. The molecule has 0 radical (unpaired) electrons. The standard InChI is InChI=1S/C26H30N4O4/c1-2-10-20-15-9-16-28(20)25(33)27-17-18-29(23(19-27)24(31)32)26(34)30(21-11-5-3-6-12-21)22-13-7-4-8-14-22/h3-8,10-14,23H,2,9,15-19H2,1H3,(H,31,32)/b20-10-/t23-/m0/s1. The van der Waals surface area contributed by atoms with Gasteiger partial charge in [0.15, 0.2) is 0 Å². The second kappa shape index (κ2) is 10.4. The van der Waals surface area contributed by atoms with Crippen LogP contribution in [0.25, 0.3) is 0 Å². The Bertz CT molecular complexity index is 1020. The fourth-order valence-electron chi connectivity index (χ4n) is 4.58. The van der Waals surface area contributed by atoms with Gasteiger partial charge in [-0.15, -0.1) is 0 Å². The first-order chi connectivity index (χ1) is 16.5. The molecule has 8 nitrogen and oxygen atoms in total. The molecule has 2 aliphatic heterocycles. The average molecular weight is 463 g/mol. The summed E-state index contributed by atoms with van der Waals surface area (Å²) in [5.74, 6) is -1.13. The molecule has 4 amide bonds. The Balaban J connectivity index is 1.58. The summed E-state index contributed by atoms with van der Waals surface area (Å²) in [6.07, 6.45) is 4.65. The van der Waals surface area contributed by atoms with Crippen LogP contribution in [0.2, 0.25) is 0 Å². The number of anilines is 2. The fourth-order valence-corrected chi connectivity index (χ4v) is 4.58. The highest BCUT2D eigenvalue weighted by atomic mass is 16.4. The minimum absolute atomic E-state index is 0.0484. The van der Waals surface area contributed by atoms with E-state index in [9.17, 15) is 19.5 Å². The van der Waals surface area contributed by atoms with Crippen LogP contribution in [0.1, 0.15) is 26.2 Å². The van der Waals surface area contributed by atoms with Crippen LogP contribution < -0.4 is 4.90 Å². The van der Waals surface area contributed by atoms with Gasteiger partial charge in [0.2, 0.25) is 0 Å². The second-order valence-corrected chi connectivity index (χ2v) is 8.42. The van der Waals surface area contributed by atoms with Crippen LogP contribution in [0.5, 0.6) is 0 Å². The summed E-state index contributed by atoms with van der Waals surface area (Å²) in [5, 5.41) is 10.0. The zero-order valence-electron chi connectivity index (χ0n) is 19.3. The lowest BCUT2D eigenvalue weighted by molar-refractivity contribution is -0.143. The smallest absolute Gasteiger partial charge is 0.329 e. The van der Waals surface area contributed by atoms with Crippen LogP contribution in [-0.4, -0.2) is 70.1 Å². The fraction of sp³-hybridized carbons (Fsp3) is 0.346. The quantitative estimate of drug-likeness (QED) is 0.724. The Labute approximate surface area is 199 Å². The minimum Gasteiger partial charge on any atom is -0.480 e. The minimum atomic E-state index is -1.14.